The van der Waals surface area contributed by atoms with Crippen molar-refractivity contribution in [1.82, 2.24) is 4.98 Å². The first-order chi connectivity index (χ1) is 15.0. The van der Waals surface area contributed by atoms with Crippen LogP contribution >= 0.6 is 0 Å². The molecule has 0 bridgehead atoms. The lowest BCUT2D eigenvalue weighted by Crippen LogP contribution is -2.14. The molecule has 1 heterocycles. The van der Waals surface area contributed by atoms with Crippen LogP contribution in [0.15, 0.2) is 83.8 Å². The normalized spacial score (nSPS) is 11.4. The number of nitrogens with zero attached hydrogens (tertiary/aromatic N) is 1. The van der Waals surface area contributed by atoms with E-state index in [9.17, 15) is 8.42 Å². The van der Waals surface area contributed by atoms with Gasteiger partial charge in [0.25, 0.3) is 10.0 Å². The van der Waals surface area contributed by atoms with Gasteiger partial charge in [0.05, 0.1) is 17.7 Å². The van der Waals surface area contributed by atoms with E-state index in [1.54, 1.807) is 37.4 Å². The van der Waals surface area contributed by atoms with Crippen molar-refractivity contribution >= 4 is 26.6 Å². The lowest BCUT2D eigenvalue weighted by molar-refractivity contribution is 0.419. The third-order valence-corrected chi connectivity index (χ3v) is 6.59. The van der Waals surface area contributed by atoms with Crippen LogP contribution in [0.1, 0.15) is 16.8 Å². The van der Waals surface area contributed by atoms with Gasteiger partial charge in [0.15, 0.2) is 0 Å². The summed E-state index contributed by atoms with van der Waals surface area (Å²) in [6, 6.07) is 24.2. The Morgan fingerprint density at radius 1 is 0.871 bits per heavy atom. The van der Waals surface area contributed by atoms with E-state index in [-0.39, 0.29) is 4.90 Å². The zero-order valence-corrected chi connectivity index (χ0v) is 18.3. The van der Waals surface area contributed by atoms with Crippen molar-refractivity contribution in [1.29, 1.82) is 0 Å². The molecule has 0 amide bonds. The minimum atomic E-state index is -3.66. The number of fused-ring (bicyclic) bond motifs is 1. The highest BCUT2D eigenvalue weighted by molar-refractivity contribution is 7.92. The third kappa shape index (κ3) is 4.70. The minimum Gasteiger partial charge on any atom is -0.494 e. The molecule has 0 fully saturated rings. The summed E-state index contributed by atoms with van der Waals surface area (Å²) in [6.07, 6.45) is 1.33. The highest BCUT2D eigenvalue weighted by Crippen LogP contribution is 2.25. The molecule has 1 N–H and O–H groups in total. The summed E-state index contributed by atoms with van der Waals surface area (Å²) < 4.78 is 33.8. The van der Waals surface area contributed by atoms with Crippen LogP contribution in [0.2, 0.25) is 0 Å². The molecule has 4 rings (SSSR count). The molecule has 6 heteroatoms. The molecule has 0 atom stereocenters. The van der Waals surface area contributed by atoms with Gasteiger partial charge in [0.1, 0.15) is 11.3 Å². The van der Waals surface area contributed by atoms with E-state index in [1.807, 2.05) is 55.5 Å². The second-order valence-corrected chi connectivity index (χ2v) is 9.09. The zero-order chi connectivity index (χ0) is 21.8. The van der Waals surface area contributed by atoms with Gasteiger partial charge in [0.2, 0.25) is 0 Å². The monoisotopic (exact) mass is 432 g/mol. The lowest BCUT2D eigenvalue weighted by atomic mass is 10.1. The van der Waals surface area contributed by atoms with Crippen LogP contribution in [-0.4, -0.2) is 20.5 Å². The van der Waals surface area contributed by atoms with Gasteiger partial charge in [-0.1, -0.05) is 54.1 Å². The van der Waals surface area contributed by atoms with Gasteiger partial charge in [-0.25, -0.2) is 13.4 Å². The van der Waals surface area contributed by atoms with Crippen LogP contribution in [0.25, 0.3) is 10.9 Å². The average Bonchev–Trinajstić information content (AvgIpc) is 2.78. The Labute approximate surface area is 182 Å². The van der Waals surface area contributed by atoms with Gasteiger partial charge in [0, 0.05) is 11.1 Å². The zero-order valence-electron chi connectivity index (χ0n) is 17.5. The van der Waals surface area contributed by atoms with Gasteiger partial charge < -0.3 is 4.74 Å². The van der Waals surface area contributed by atoms with Crippen LogP contribution < -0.4 is 9.46 Å². The molecule has 4 aromatic rings. The molecule has 31 heavy (non-hydrogen) atoms. The maximum absolute atomic E-state index is 12.8. The average molecular weight is 433 g/mol. The molecule has 0 aliphatic carbocycles. The van der Waals surface area contributed by atoms with Crippen molar-refractivity contribution in [2.45, 2.75) is 24.7 Å². The van der Waals surface area contributed by atoms with Crippen LogP contribution in [0.5, 0.6) is 5.75 Å². The maximum atomic E-state index is 12.8. The number of methoxy groups -OCH3 is 1. The summed E-state index contributed by atoms with van der Waals surface area (Å²) in [5.74, 6) is 0.741. The largest absolute Gasteiger partial charge is 0.494 e. The first-order valence-corrected chi connectivity index (χ1v) is 11.5. The van der Waals surface area contributed by atoms with Crippen LogP contribution in [0.4, 0.5) is 5.69 Å². The fourth-order valence-electron chi connectivity index (χ4n) is 3.49. The Morgan fingerprint density at radius 2 is 1.65 bits per heavy atom. The van der Waals surface area contributed by atoms with E-state index >= 15 is 0 Å². The number of anilines is 1. The first kappa shape index (κ1) is 20.9. The number of ether oxygens (including phenoxy) is 1. The number of aromatic nitrogens is 1. The number of rotatable bonds is 7. The van der Waals surface area contributed by atoms with E-state index in [2.05, 4.69) is 4.72 Å². The van der Waals surface area contributed by atoms with Gasteiger partial charge in [-0.05, 0) is 55.7 Å². The topological polar surface area (TPSA) is 68.3 Å². The molecular weight excluding hydrogens is 408 g/mol. The number of aryl methyl sites for hydroxylation is 3. The van der Waals surface area contributed by atoms with Crippen LogP contribution in [-0.2, 0) is 22.9 Å². The van der Waals surface area contributed by atoms with Gasteiger partial charge in [-0.2, -0.15) is 0 Å². The molecule has 0 saturated heterocycles. The summed E-state index contributed by atoms with van der Waals surface area (Å²) in [5.41, 5.74) is 4.27. The van der Waals surface area contributed by atoms with E-state index in [4.69, 9.17) is 9.72 Å². The van der Waals surface area contributed by atoms with E-state index in [0.29, 0.717) is 18.5 Å². The van der Waals surface area contributed by atoms with Crippen molar-refractivity contribution < 1.29 is 13.2 Å². The molecule has 158 valence electrons. The molecule has 0 spiro atoms. The molecule has 5 nitrogen and oxygen atoms in total. The molecule has 0 radical (unpaired) electrons. The fourth-order valence-corrected chi connectivity index (χ4v) is 4.59. The predicted molar refractivity (Wildman–Crippen MR) is 124 cm³/mol. The Balaban J connectivity index is 1.55. The molecular formula is C25H24N2O3S. The summed E-state index contributed by atoms with van der Waals surface area (Å²) in [5, 5.41) is 1.02. The summed E-state index contributed by atoms with van der Waals surface area (Å²) >= 11 is 0. The molecule has 3 aromatic carbocycles. The van der Waals surface area contributed by atoms with Crippen molar-refractivity contribution in [3.05, 3.63) is 95.7 Å². The van der Waals surface area contributed by atoms with E-state index < -0.39 is 10.0 Å². The number of benzene rings is 3. The second kappa shape index (κ2) is 8.78. The number of sulfonamides is 1. The smallest absolute Gasteiger partial charge is 0.261 e. The molecule has 0 aliphatic rings. The number of pyridine rings is 1. The van der Waals surface area contributed by atoms with Crippen molar-refractivity contribution in [2.75, 3.05) is 11.8 Å². The number of hydrogen-bond acceptors (Lipinski definition) is 4. The molecule has 0 aliphatic heterocycles. The van der Waals surface area contributed by atoms with Gasteiger partial charge >= 0.3 is 0 Å². The highest BCUT2D eigenvalue weighted by Gasteiger charge is 2.16. The number of para-hydroxylation sites is 2. The van der Waals surface area contributed by atoms with Crippen molar-refractivity contribution in [3.8, 4) is 5.75 Å². The lowest BCUT2D eigenvalue weighted by Gasteiger charge is -2.13. The SMILES string of the molecule is COc1cccc2ccc(CCc3ccccc3NS(=O)(=O)c3ccc(C)cc3)nc12. The third-order valence-electron chi connectivity index (χ3n) is 5.20. The molecule has 0 unspecified atom stereocenters. The van der Waals surface area contributed by atoms with Crippen molar-refractivity contribution in [2.24, 2.45) is 0 Å². The molecule has 1 aromatic heterocycles. The highest BCUT2D eigenvalue weighted by atomic mass is 32.2. The summed E-state index contributed by atoms with van der Waals surface area (Å²) in [4.78, 5) is 5.00. The van der Waals surface area contributed by atoms with Gasteiger partial charge in [-0.15, -0.1) is 0 Å². The van der Waals surface area contributed by atoms with Gasteiger partial charge in [-0.3, -0.25) is 4.72 Å². The maximum Gasteiger partial charge on any atom is 0.261 e. The Kier molecular flexibility index (Phi) is 5.91. The summed E-state index contributed by atoms with van der Waals surface area (Å²) in [7, 11) is -2.02. The second-order valence-electron chi connectivity index (χ2n) is 7.41. The number of nitrogens with one attached hydrogen (secondary N) is 1. The van der Waals surface area contributed by atoms with Crippen LogP contribution in [0.3, 0.4) is 0 Å². The minimum absolute atomic E-state index is 0.246. The standard InChI is InChI=1S/C25H24N2O3S/c1-18-10-16-22(17-11-18)31(28,29)27-23-8-4-3-6-19(23)12-14-21-15-13-20-7-5-9-24(30-2)25(20)26-21/h3-11,13,15-17,27H,12,14H2,1-2H3. The quantitative estimate of drug-likeness (QED) is 0.439. The van der Waals surface area contributed by atoms with E-state index in [1.165, 1.54) is 0 Å². The predicted octanol–water partition coefficient (Wildman–Crippen LogP) is 5.14. The Bertz CT molecular complexity index is 1320. The molecule has 0 saturated carbocycles. The number of hydrogen-bond donors (Lipinski definition) is 1. The Hall–Kier alpha value is -3.38. The Morgan fingerprint density at radius 3 is 2.42 bits per heavy atom. The van der Waals surface area contributed by atoms with Crippen molar-refractivity contribution in [3.63, 3.8) is 0 Å². The fraction of sp³-hybridized carbons (Fsp3) is 0.160. The van der Waals surface area contributed by atoms with E-state index in [0.717, 1.165) is 33.5 Å². The van der Waals surface area contributed by atoms with Crippen LogP contribution in [0, 0.1) is 6.92 Å². The first-order valence-electron chi connectivity index (χ1n) is 10.1. The summed E-state index contributed by atoms with van der Waals surface area (Å²) in [6.45, 7) is 1.93.